The van der Waals surface area contributed by atoms with E-state index in [0.717, 1.165) is 37.7 Å². The second kappa shape index (κ2) is 20.6. The number of unbranched alkanes of at least 4 members (excludes halogenated alkanes) is 5. The number of phenolic OH excluding ortho intramolecular Hbond substituents is 1. The predicted molar refractivity (Wildman–Crippen MR) is 243 cm³/mol. The molecule has 0 spiro atoms. The summed E-state index contributed by atoms with van der Waals surface area (Å²) in [7, 11) is -3.24. The van der Waals surface area contributed by atoms with E-state index in [4.69, 9.17) is 14.5 Å². The van der Waals surface area contributed by atoms with Crippen LogP contribution >= 0.6 is 0 Å². The lowest BCUT2D eigenvalue weighted by Crippen LogP contribution is -2.56. The predicted octanol–water partition coefficient (Wildman–Crippen LogP) is 7.16. The summed E-state index contributed by atoms with van der Waals surface area (Å²) >= 11 is 0. The molecule has 0 radical (unpaired) electrons. The van der Waals surface area contributed by atoms with Crippen molar-refractivity contribution in [2.75, 3.05) is 19.0 Å². The van der Waals surface area contributed by atoms with Gasteiger partial charge < -0.3 is 30.0 Å². The van der Waals surface area contributed by atoms with Crippen molar-refractivity contribution in [2.45, 2.75) is 113 Å². The Morgan fingerprint density at radius 2 is 1.60 bits per heavy atom. The number of esters is 1. The Morgan fingerprint density at radius 1 is 0.923 bits per heavy atom. The molecule has 4 atom stereocenters. The number of carbonyl (C=O) groups excluding carboxylic acids is 5. The van der Waals surface area contributed by atoms with Gasteiger partial charge in [-0.25, -0.2) is 22.9 Å². The number of ether oxygens (including phenoxy) is 3. The summed E-state index contributed by atoms with van der Waals surface area (Å²) in [6, 6.07) is 20.3. The van der Waals surface area contributed by atoms with Crippen LogP contribution in [0.2, 0.25) is 0 Å². The monoisotopic (exact) mass is 911 g/mol. The van der Waals surface area contributed by atoms with Crippen LogP contribution in [-0.4, -0.2) is 90.1 Å². The van der Waals surface area contributed by atoms with Gasteiger partial charge in [0.2, 0.25) is 11.8 Å². The van der Waals surface area contributed by atoms with Gasteiger partial charge in [0.25, 0.3) is 15.9 Å². The lowest BCUT2D eigenvalue weighted by Gasteiger charge is -2.29. The van der Waals surface area contributed by atoms with Crippen LogP contribution in [-0.2, 0) is 38.7 Å². The number of methoxy groups -OCH3 is 1. The molecule has 3 aromatic carbocycles. The van der Waals surface area contributed by atoms with Crippen LogP contribution in [0.1, 0.15) is 85.0 Å². The highest BCUT2D eigenvalue weighted by atomic mass is 32.2. The summed E-state index contributed by atoms with van der Waals surface area (Å²) in [6.07, 6.45) is 5.15. The molecule has 1 saturated heterocycles. The molecule has 1 aromatic heterocycles. The van der Waals surface area contributed by atoms with E-state index in [1.807, 2.05) is 30.3 Å². The summed E-state index contributed by atoms with van der Waals surface area (Å²) < 4.78 is 46.8. The Labute approximate surface area is 379 Å². The lowest BCUT2D eigenvalue weighted by atomic mass is 10.1. The molecule has 2 heterocycles. The summed E-state index contributed by atoms with van der Waals surface area (Å²) in [5.41, 5.74) is -0.840. The van der Waals surface area contributed by atoms with Gasteiger partial charge in [0, 0.05) is 48.3 Å². The van der Waals surface area contributed by atoms with Crippen molar-refractivity contribution < 1.29 is 51.7 Å². The van der Waals surface area contributed by atoms with Gasteiger partial charge in [-0.1, -0.05) is 74.2 Å². The van der Waals surface area contributed by atoms with Gasteiger partial charge in [0.05, 0.1) is 30.6 Å². The first-order valence-electron chi connectivity index (χ1n) is 21.8. The number of likely N-dealkylation sites (tertiary alicyclic amines) is 1. The van der Waals surface area contributed by atoms with Crippen LogP contribution in [0.5, 0.6) is 11.5 Å². The average Bonchev–Trinajstić information content (AvgIpc) is 3.82. The van der Waals surface area contributed by atoms with E-state index in [9.17, 15) is 37.5 Å². The van der Waals surface area contributed by atoms with Gasteiger partial charge in [0.1, 0.15) is 39.7 Å². The number of hydrogen-bond acceptors (Lipinski definition) is 12. The second-order valence-electron chi connectivity index (χ2n) is 17.4. The topological polar surface area (TPSA) is 220 Å². The van der Waals surface area contributed by atoms with E-state index in [-0.39, 0.29) is 48.1 Å². The highest BCUT2D eigenvalue weighted by Gasteiger charge is 2.61. The molecular weight excluding hydrogens is 855 g/mol. The SMILES string of the molecule is C=C[C@@H]1C[C@]1(NC(=O)[C@@H]1C[C@@H](Oc2cc(-c3ccccc3)nc3cc(O)ccc23)CN1C(=O)OC(C)(C)C)C(=O)NS(=O)(=O)c1ccccc1NC(=O)CCCCCCCCC(=O)OC. The molecular formula is C48H57N5O11S. The summed E-state index contributed by atoms with van der Waals surface area (Å²) in [6.45, 7) is 8.80. The van der Waals surface area contributed by atoms with E-state index in [1.54, 1.807) is 39.0 Å². The molecule has 1 aliphatic heterocycles. The van der Waals surface area contributed by atoms with Crippen molar-refractivity contribution in [1.82, 2.24) is 19.9 Å². The van der Waals surface area contributed by atoms with Crippen molar-refractivity contribution in [3.8, 4) is 22.8 Å². The number of anilines is 1. The van der Waals surface area contributed by atoms with Gasteiger partial charge in [0.15, 0.2) is 0 Å². The number of aromatic nitrogens is 1. The minimum atomic E-state index is -4.60. The van der Waals surface area contributed by atoms with E-state index in [0.29, 0.717) is 35.2 Å². The molecule has 16 nitrogen and oxygen atoms in total. The molecule has 4 N–H and O–H groups in total. The molecule has 4 amide bonds. The van der Waals surface area contributed by atoms with Crippen molar-refractivity contribution in [3.63, 3.8) is 0 Å². The number of benzene rings is 3. The third-order valence-electron chi connectivity index (χ3n) is 11.3. The Hall–Kier alpha value is -6.49. The quantitative estimate of drug-likeness (QED) is 0.0418. The summed E-state index contributed by atoms with van der Waals surface area (Å²) in [5, 5.41) is 16.3. The number of amides is 4. The number of hydrogen-bond donors (Lipinski definition) is 4. The van der Waals surface area contributed by atoms with Crippen LogP contribution in [0.4, 0.5) is 10.5 Å². The molecule has 0 unspecified atom stereocenters. The zero-order chi connectivity index (χ0) is 46.9. The van der Waals surface area contributed by atoms with Crippen molar-refractivity contribution >= 4 is 56.4 Å². The first kappa shape index (κ1) is 48.0. The molecule has 1 aliphatic carbocycles. The van der Waals surface area contributed by atoms with Crippen molar-refractivity contribution in [1.29, 1.82) is 0 Å². The van der Waals surface area contributed by atoms with E-state index < -0.39 is 63.0 Å². The zero-order valence-corrected chi connectivity index (χ0v) is 37.9. The largest absolute Gasteiger partial charge is 0.508 e. The Morgan fingerprint density at radius 3 is 2.28 bits per heavy atom. The molecule has 346 valence electrons. The number of nitrogens with zero attached hydrogens (tertiary/aromatic N) is 2. The fourth-order valence-electron chi connectivity index (χ4n) is 7.86. The maximum absolute atomic E-state index is 14.4. The van der Waals surface area contributed by atoms with Crippen LogP contribution < -0.4 is 20.1 Å². The van der Waals surface area contributed by atoms with Gasteiger partial charge in [-0.15, -0.1) is 6.58 Å². The summed E-state index contributed by atoms with van der Waals surface area (Å²) in [5.74, 6) is -2.63. The fraction of sp³-hybridized carbons (Fsp3) is 0.417. The highest BCUT2D eigenvalue weighted by molar-refractivity contribution is 7.90. The van der Waals surface area contributed by atoms with Gasteiger partial charge in [-0.05, 0) is 64.3 Å². The molecule has 65 heavy (non-hydrogen) atoms. The Bertz CT molecular complexity index is 2530. The van der Waals surface area contributed by atoms with Crippen molar-refractivity contribution in [2.24, 2.45) is 5.92 Å². The Balaban J connectivity index is 1.15. The lowest BCUT2D eigenvalue weighted by molar-refractivity contribution is -0.140. The molecule has 6 rings (SSSR count). The molecule has 17 heteroatoms. The maximum Gasteiger partial charge on any atom is 0.411 e. The number of pyridine rings is 1. The number of phenols is 1. The Kier molecular flexibility index (Phi) is 15.2. The first-order valence-corrected chi connectivity index (χ1v) is 23.2. The van der Waals surface area contributed by atoms with Gasteiger partial charge in [-0.2, -0.15) is 0 Å². The smallest absolute Gasteiger partial charge is 0.411 e. The number of rotatable bonds is 19. The molecule has 2 fully saturated rings. The van der Waals surface area contributed by atoms with Crippen LogP contribution in [0.25, 0.3) is 22.2 Å². The van der Waals surface area contributed by atoms with E-state index in [2.05, 4.69) is 26.7 Å². The standard InChI is InChI=1S/C48H57N5O11S/c1-6-32-29-48(32,45(58)52-65(60,61)41-21-17-16-20-36(41)50-42(55)22-14-9-7-8-10-15-23-43(56)62-5)51-44(57)39-27-34(30-53(39)46(59)64-47(2,3)4)63-40-28-37(31-18-12-11-13-19-31)49-38-26-33(54)24-25-35(38)40/h6,11-13,16-21,24-26,28,32,34,39,54H,1,7-10,14-15,22-23,27,29-30H2,2-5H3,(H,50,55)(H,51,57)(H,52,58)/t32-,34-,39+,48-/m1/s1. The summed E-state index contributed by atoms with van der Waals surface area (Å²) in [4.78, 5) is 72.0. The number of sulfonamides is 1. The molecule has 4 aromatic rings. The highest BCUT2D eigenvalue weighted by Crippen LogP contribution is 2.45. The molecule has 1 saturated carbocycles. The number of nitrogens with one attached hydrogen (secondary N) is 3. The number of fused-ring (bicyclic) bond motifs is 1. The average molecular weight is 912 g/mol. The van der Waals surface area contributed by atoms with Crippen molar-refractivity contribution in [3.05, 3.63) is 91.5 Å². The maximum atomic E-state index is 14.4. The van der Waals surface area contributed by atoms with Crippen LogP contribution in [0, 0.1) is 5.92 Å². The van der Waals surface area contributed by atoms with Gasteiger partial charge in [-0.3, -0.25) is 24.1 Å². The zero-order valence-electron chi connectivity index (χ0n) is 37.1. The minimum absolute atomic E-state index is 0.00875. The normalized spacial score (nSPS) is 19.2. The first-order chi connectivity index (χ1) is 30.9. The number of carbonyl (C=O) groups is 5. The van der Waals surface area contributed by atoms with E-state index in [1.165, 1.54) is 48.4 Å². The third-order valence-corrected chi connectivity index (χ3v) is 12.7. The van der Waals surface area contributed by atoms with Gasteiger partial charge >= 0.3 is 12.1 Å². The number of para-hydroxylation sites is 1. The second-order valence-corrected chi connectivity index (χ2v) is 19.0. The fourth-order valence-corrected chi connectivity index (χ4v) is 9.06. The van der Waals surface area contributed by atoms with Crippen LogP contribution in [0.3, 0.4) is 0 Å². The third kappa shape index (κ3) is 12.2. The number of aromatic hydroxyl groups is 1. The van der Waals surface area contributed by atoms with E-state index >= 15 is 0 Å². The minimum Gasteiger partial charge on any atom is -0.508 e. The molecule has 0 bridgehead atoms. The van der Waals surface area contributed by atoms with Crippen LogP contribution in [0.15, 0.2) is 96.4 Å². The molecule has 2 aliphatic rings.